The highest BCUT2D eigenvalue weighted by atomic mass is 16.7. The zero-order valence-electron chi connectivity index (χ0n) is 28.3. The van der Waals surface area contributed by atoms with Gasteiger partial charge in [0.1, 0.15) is 35.3 Å². The molecule has 1 saturated carbocycles. The van der Waals surface area contributed by atoms with Crippen LogP contribution in [0, 0.1) is 5.92 Å². The number of carbonyl (C=O) groups is 2. The Morgan fingerprint density at radius 2 is 1.68 bits per heavy atom. The van der Waals surface area contributed by atoms with Crippen LogP contribution in [0.1, 0.15) is 57.8 Å². The van der Waals surface area contributed by atoms with E-state index in [1.807, 2.05) is 13.0 Å². The minimum atomic E-state index is -1.38. The molecule has 7 N–H and O–H groups in total. The third kappa shape index (κ3) is 9.42. The van der Waals surface area contributed by atoms with Gasteiger partial charge in [-0.3, -0.25) is 4.79 Å². The van der Waals surface area contributed by atoms with Crippen LogP contribution in [-0.4, -0.2) is 121 Å². The normalized spacial score (nSPS) is 36.1. The number of alkyl carbamates (subject to hydrolysis) is 1. The molecule has 1 aromatic rings. The first kappa shape index (κ1) is 37.0. The van der Waals surface area contributed by atoms with Crippen molar-refractivity contribution in [2.75, 3.05) is 27.2 Å². The van der Waals surface area contributed by atoms with Crippen LogP contribution >= 0.6 is 0 Å². The fourth-order valence-corrected chi connectivity index (χ4v) is 6.32. The number of amides is 2. The summed E-state index contributed by atoms with van der Waals surface area (Å²) in [6.07, 6.45) is -4.91. The molecule has 1 aliphatic carbocycles. The maximum absolute atomic E-state index is 13.3. The second kappa shape index (κ2) is 15.6. The van der Waals surface area contributed by atoms with Crippen LogP contribution in [0.2, 0.25) is 0 Å². The fourth-order valence-electron chi connectivity index (χ4n) is 6.32. The largest absolute Gasteiger partial charge is 0.466 e. The lowest BCUT2D eigenvalue weighted by Gasteiger charge is -2.49. The predicted molar refractivity (Wildman–Crippen MR) is 171 cm³/mol. The van der Waals surface area contributed by atoms with Gasteiger partial charge in [0.25, 0.3) is 5.91 Å². The summed E-state index contributed by atoms with van der Waals surface area (Å²) in [6.45, 7) is 9.01. The molecule has 264 valence electrons. The second-order valence-corrected chi connectivity index (χ2v) is 13.8. The smallest absolute Gasteiger partial charge is 0.408 e. The summed E-state index contributed by atoms with van der Waals surface area (Å²) in [6, 6.07) is 6.54. The van der Waals surface area contributed by atoms with Gasteiger partial charge in [-0.25, -0.2) is 4.79 Å². The summed E-state index contributed by atoms with van der Waals surface area (Å²) in [5, 5.41) is 45.6. The highest BCUT2D eigenvalue weighted by Gasteiger charge is 2.51. The maximum atomic E-state index is 13.3. The molecule has 2 aliphatic heterocycles. The van der Waals surface area contributed by atoms with Crippen LogP contribution in [0.3, 0.4) is 0 Å². The summed E-state index contributed by atoms with van der Waals surface area (Å²) in [5.41, 5.74) is -1.66. The lowest BCUT2D eigenvalue weighted by Crippen LogP contribution is -2.68. The Labute approximate surface area is 276 Å². The van der Waals surface area contributed by atoms with Crippen molar-refractivity contribution in [1.82, 2.24) is 21.3 Å². The molecular weight excluding hydrogens is 612 g/mol. The van der Waals surface area contributed by atoms with Gasteiger partial charge in [-0.2, -0.15) is 0 Å². The lowest BCUT2D eigenvalue weighted by atomic mass is 9.79. The van der Waals surface area contributed by atoms with E-state index in [2.05, 4.69) is 21.3 Å². The third-order valence-corrected chi connectivity index (χ3v) is 8.58. The summed E-state index contributed by atoms with van der Waals surface area (Å²) >= 11 is 0. The quantitative estimate of drug-likeness (QED) is 0.186. The maximum Gasteiger partial charge on any atom is 0.408 e. The van der Waals surface area contributed by atoms with Gasteiger partial charge in [-0.15, -0.1) is 0 Å². The monoisotopic (exact) mass is 664 g/mol. The number of aliphatic hydroxyl groups excluding tert-OH is 2. The average molecular weight is 665 g/mol. The third-order valence-electron chi connectivity index (χ3n) is 8.58. The second-order valence-electron chi connectivity index (χ2n) is 13.8. The number of ether oxygens (including phenoxy) is 5. The number of hydrogen-bond donors (Lipinski definition) is 7. The molecule has 14 heteroatoms. The van der Waals surface area contributed by atoms with E-state index < -0.39 is 72.4 Å². The molecule has 47 heavy (non-hydrogen) atoms. The summed E-state index contributed by atoms with van der Waals surface area (Å²) in [5.74, 6) is -0.0658. The molecule has 11 atom stereocenters. The predicted octanol–water partition coefficient (Wildman–Crippen LogP) is 0.755. The van der Waals surface area contributed by atoms with Crippen molar-refractivity contribution in [2.45, 2.75) is 114 Å². The molecule has 0 spiro atoms. The topological polar surface area (TPSA) is 189 Å². The molecule has 0 unspecified atom stereocenters. The van der Waals surface area contributed by atoms with E-state index in [1.54, 1.807) is 72.1 Å². The number of nitrogens with one attached hydrogen (secondary N) is 4. The first-order chi connectivity index (χ1) is 22.1. The number of benzene rings is 1. The Bertz CT molecular complexity index is 1230. The van der Waals surface area contributed by atoms with Crippen molar-refractivity contribution in [3.8, 4) is 0 Å². The van der Waals surface area contributed by atoms with Crippen LogP contribution in [0.15, 0.2) is 42.2 Å². The highest BCUT2D eigenvalue weighted by molar-refractivity contribution is 5.94. The van der Waals surface area contributed by atoms with Crippen molar-refractivity contribution < 1.29 is 48.6 Å². The van der Waals surface area contributed by atoms with E-state index in [0.717, 1.165) is 0 Å². The van der Waals surface area contributed by atoms with Crippen LogP contribution < -0.4 is 21.3 Å². The van der Waals surface area contributed by atoms with Crippen LogP contribution in [-0.2, 0) is 23.7 Å². The number of likely N-dealkylation sites (N-methyl/N-ethyl adjacent to an activating group) is 2. The van der Waals surface area contributed by atoms with E-state index in [9.17, 15) is 24.9 Å². The Kier molecular flexibility index (Phi) is 12.3. The number of hydrogen-bond acceptors (Lipinski definition) is 12. The van der Waals surface area contributed by atoms with Crippen molar-refractivity contribution in [3.05, 3.63) is 47.7 Å². The van der Waals surface area contributed by atoms with Crippen molar-refractivity contribution in [3.63, 3.8) is 0 Å². The molecular formula is C33H52N4O10. The first-order valence-electron chi connectivity index (χ1n) is 16.2. The Balaban J connectivity index is 1.58. The molecule has 1 aromatic carbocycles. The lowest BCUT2D eigenvalue weighted by molar-refractivity contribution is -0.306. The number of aliphatic hydroxyl groups is 3. The van der Waals surface area contributed by atoms with Crippen LogP contribution in [0.25, 0.3) is 0 Å². The number of rotatable bonds is 10. The van der Waals surface area contributed by atoms with E-state index >= 15 is 0 Å². The van der Waals surface area contributed by atoms with Crippen molar-refractivity contribution in [2.24, 2.45) is 5.92 Å². The first-order valence-corrected chi connectivity index (χ1v) is 16.2. The molecule has 3 aliphatic rings. The standard InChI is InChI=1S/C33H52N4O10/c1-18-15-22(36-28(40)19-11-9-8-10-12-19)26(46-30-24(39)27(35-7)33(5,42)17-43-30)23(38)25(18)45-29-21(14-13-20(44-29)16-34-6)37-31(41)47-32(2,3)4/h8-13,18,21-27,29-30,34-35,38-39,42H,14-17H2,1-7H3,(H,36,40)(H,37,41)/t18-,21+,22+,23-,24+,25+,26-,27+,29+,30+,33-/m0/s1. The molecule has 4 rings (SSSR count). The van der Waals surface area contributed by atoms with Gasteiger partial charge in [0.05, 0.1) is 37.4 Å². The van der Waals surface area contributed by atoms with Crippen LogP contribution in [0.5, 0.6) is 0 Å². The molecule has 2 heterocycles. The molecule has 2 fully saturated rings. The van der Waals surface area contributed by atoms with Gasteiger partial charge in [0, 0.05) is 5.56 Å². The van der Waals surface area contributed by atoms with E-state index in [4.69, 9.17) is 23.7 Å². The molecule has 0 aromatic heterocycles. The zero-order chi connectivity index (χ0) is 34.5. The van der Waals surface area contributed by atoms with Gasteiger partial charge in [0.2, 0.25) is 6.29 Å². The Morgan fingerprint density at radius 3 is 2.32 bits per heavy atom. The van der Waals surface area contributed by atoms with Gasteiger partial charge in [0.15, 0.2) is 6.29 Å². The van der Waals surface area contributed by atoms with Crippen molar-refractivity contribution >= 4 is 12.0 Å². The Hall–Kier alpha value is -2.82. The minimum absolute atomic E-state index is 0.144. The van der Waals surface area contributed by atoms with Gasteiger partial charge >= 0.3 is 6.09 Å². The van der Waals surface area contributed by atoms with Crippen molar-refractivity contribution in [1.29, 1.82) is 0 Å². The van der Waals surface area contributed by atoms with E-state index in [-0.39, 0.29) is 18.4 Å². The molecule has 2 amide bonds. The zero-order valence-corrected chi connectivity index (χ0v) is 28.3. The summed E-state index contributed by atoms with van der Waals surface area (Å²) in [4.78, 5) is 26.0. The molecule has 1 saturated heterocycles. The molecule has 14 nitrogen and oxygen atoms in total. The van der Waals surface area contributed by atoms with E-state index in [0.29, 0.717) is 30.7 Å². The van der Waals surface area contributed by atoms with Gasteiger partial charge in [-0.05, 0) is 78.8 Å². The molecule has 0 bridgehead atoms. The number of carbonyl (C=O) groups excluding carboxylic acids is 2. The van der Waals surface area contributed by atoms with E-state index in [1.165, 1.54) is 0 Å². The minimum Gasteiger partial charge on any atom is -0.466 e. The fraction of sp³-hybridized carbons (Fsp3) is 0.697. The average Bonchev–Trinajstić information content (AvgIpc) is 2.99. The summed E-state index contributed by atoms with van der Waals surface area (Å²) in [7, 11) is 3.39. The SMILES string of the molecule is CNCC1=CC[C@@H](NC(=O)OC(C)(C)C)[C@@H](O[C@H]2[C@H](O)[C@@H](O[C@H]3OC[C@](C)(O)[C@H](NC)[C@H]3O)[C@H](NC(=O)c3ccccc3)C[C@@H]2C)O1. The summed E-state index contributed by atoms with van der Waals surface area (Å²) < 4.78 is 30.1. The van der Waals surface area contributed by atoms with Gasteiger partial charge < -0.3 is 60.3 Å². The van der Waals surface area contributed by atoms with Gasteiger partial charge in [-0.1, -0.05) is 25.1 Å². The highest BCUT2D eigenvalue weighted by Crippen LogP contribution is 2.35. The Morgan fingerprint density at radius 1 is 1.00 bits per heavy atom. The molecule has 0 radical (unpaired) electrons. The van der Waals surface area contributed by atoms with Crippen LogP contribution in [0.4, 0.5) is 4.79 Å².